The van der Waals surface area contributed by atoms with Gasteiger partial charge >= 0.3 is 0 Å². The molecule has 1 amide bonds. The van der Waals surface area contributed by atoms with E-state index in [2.05, 4.69) is 15.3 Å². The molecule has 132 valence electrons. The monoisotopic (exact) mass is 350 g/mol. The van der Waals surface area contributed by atoms with Crippen molar-refractivity contribution in [3.05, 3.63) is 64.6 Å². The quantitative estimate of drug-likeness (QED) is 0.578. The van der Waals surface area contributed by atoms with Gasteiger partial charge in [-0.05, 0) is 25.1 Å². The van der Waals surface area contributed by atoms with Gasteiger partial charge in [0.25, 0.3) is 5.56 Å². The lowest BCUT2D eigenvalue weighted by Gasteiger charge is -2.06. The number of aromatic amines is 1. The molecule has 0 aliphatic heterocycles. The van der Waals surface area contributed by atoms with Crippen LogP contribution in [0.5, 0.6) is 0 Å². The highest BCUT2D eigenvalue weighted by molar-refractivity contribution is 6.04. The van der Waals surface area contributed by atoms with E-state index < -0.39 is 0 Å². The molecule has 4 aromatic rings. The van der Waals surface area contributed by atoms with Crippen LogP contribution in [0.4, 0.5) is 0 Å². The molecule has 4 rings (SSSR count). The number of amides is 1. The number of fused-ring (bicyclic) bond motifs is 3. The van der Waals surface area contributed by atoms with Crippen molar-refractivity contribution in [1.29, 1.82) is 0 Å². The maximum absolute atomic E-state index is 12.6. The predicted molar refractivity (Wildman–Crippen MR) is 97.8 cm³/mol. The van der Waals surface area contributed by atoms with Crippen molar-refractivity contribution in [2.24, 2.45) is 0 Å². The van der Waals surface area contributed by atoms with E-state index in [1.54, 1.807) is 0 Å². The minimum atomic E-state index is -0.180. The molecule has 7 heteroatoms. The third-order valence-electron chi connectivity index (χ3n) is 4.32. The number of carbonyl (C=O) groups excluding carboxylic acids is 1. The third-order valence-corrected chi connectivity index (χ3v) is 4.32. The molecule has 0 aliphatic rings. The second kappa shape index (κ2) is 6.51. The fraction of sp³-hybridized carbons (Fsp3) is 0.211. The zero-order chi connectivity index (χ0) is 18.1. The summed E-state index contributed by atoms with van der Waals surface area (Å²) in [5.41, 5.74) is 1.80. The lowest BCUT2D eigenvalue weighted by Crippen LogP contribution is -2.27. The Hall–Kier alpha value is -3.35. The number of hydrogen-bond donors (Lipinski definition) is 2. The first-order valence-electron chi connectivity index (χ1n) is 8.40. The number of aryl methyl sites for hydroxylation is 2. The van der Waals surface area contributed by atoms with Crippen molar-refractivity contribution in [1.82, 2.24) is 19.9 Å². The number of rotatable bonds is 5. The minimum absolute atomic E-state index is 0.150. The maximum Gasteiger partial charge on any atom is 0.277 e. The lowest BCUT2D eigenvalue weighted by atomic mass is 10.2. The molecule has 2 N–H and O–H groups in total. The van der Waals surface area contributed by atoms with Gasteiger partial charge in [0.2, 0.25) is 5.91 Å². The summed E-state index contributed by atoms with van der Waals surface area (Å²) >= 11 is 0. The number of furan rings is 1. The predicted octanol–water partition coefficient (Wildman–Crippen LogP) is 2.49. The number of nitrogens with one attached hydrogen (secondary N) is 2. The van der Waals surface area contributed by atoms with Gasteiger partial charge in [-0.1, -0.05) is 18.2 Å². The van der Waals surface area contributed by atoms with Gasteiger partial charge in [0, 0.05) is 23.9 Å². The molecule has 1 aromatic carbocycles. The van der Waals surface area contributed by atoms with Crippen molar-refractivity contribution in [3.8, 4) is 0 Å². The van der Waals surface area contributed by atoms with Crippen molar-refractivity contribution < 1.29 is 9.21 Å². The number of aromatic nitrogens is 3. The molecule has 3 heterocycles. The number of nitrogens with zero attached hydrogens (tertiary/aromatic N) is 2. The molecule has 0 atom stereocenters. The van der Waals surface area contributed by atoms with Crippen LogP contribution in [0.3, 0.4) is 0 Å². The molecule has 0 spiro atoms. The van der Waals surface area contributed by atoms with Crippen LogP contribution in [0.1, 0.15) is 17.9 Å². The summed E-state index contributed by atoms with van der Waals surface area (Å²) in [4.78, 5) is 32.2. The topological polar surface area (TPSA) is 92.9 Å². The average molecular weight is 350 g/mol. The molecule has 0 aliphatic carbocycles. The Morgan fingerprint density at radius 3 is 2.92 bits per heavy atom. The summed E-state index contributed by atoms with van der Waals surface area (Å²) in [5, 5.41) is 3.70. The lowest BCUT2D eigenvalue weighted by molar-refractivity contribution is -0.121. The second-order valence-corrected chi connectivity index (χ2v) is 6.18. The van der Waals surface area contributed by atoms with Gasteiger partial charge in [-0.3, -0.25) is 14.2 Å². The Kier molecular flexibility index (Phi) is 4.04. The fourth-order valence-corrected chi connectivity index (χ4v) is 2.97. The zero-order valence-electron chi connectivity index (χ0n) is 14.3. The molecular formula is C19H18N4O3. The van der Waals surface area contributed by atoms with Gasteiger partial charge in [0.15, 0.2) is 0 Å². The Morgan fingerprint density at radius 2 is 2.12 bits per heavy atom. The normalized spacial score (nSPS) is 11.3. The number of H-pyrrole nitrogens is 1. The molecule has 0 saturated heterocycles. The van der Waals surface area contributed by atoms with Crippen LogP contribution in [0.2, 0.25) is 0 Å². The van der Waals surface area contributed by atoms with E-state index >= 15 is 0 Å². The van der Waals surface area contributed by atoms with Crippen LogP contribution in [0.15, 0.2) is 51.9 Å². The van der Waals surface area contributed by atoms with Gasteiger partial charge in [0.1, 0.15) is 22.6 Å². The Labute approximate surface area is 148 Å². The molecule has 0 bridgehead atoms. The number of benzene rings is 1. The fourth-order valence-electron chi connectivity index (χ4n) is 2.97. The summed E-state index contributed by atoms with van der Waals surface area (Å²) in [7, 11) is 0. The average Bonchev–Trinajstić information content (AvgIpc) is 3.23. The Bertz CT molecular complexity index is 1150. The highest BCUT2D eigenvalue weighted by Gasteiger charge is 2.11. The third kappa shape index (κ3) is 2.99. The SMILES string of the molecule is Cc1ccc(CNC(=O)CCn2cnc3c([nH]c4ccccc43)c2=O)o1. The van der Waals surface area contributed by atoms with Crippen molar-refractivity contribution >= 4 is 27.8 Å². The van der Waals surface area contributed by atoms with E-state index in [4.69, 9.17) is 4.42 Å². The molecule has 0 saturated carbocycles. The second-order valence-electron chi connectivity index (χ2n) is 6.18. The van der Waals surface area contributed by atoms with Gasteiger partial charge in [-0.25, -0.2) is 4.98 Å². The van der Waals surface area contributed by atoms with Crippen molar-refractivity contribution in [2.45, 2.75) is 26.4 Å². The standard InChI is InChI=1S/C19H18N4O3/c1-12-6-7-13(26-12)10-20-16(24)8-9-23-11-21-17-14-4-2-3-5-15(14)22-18(17)19(23)25/h2-7,11,22H,8-10H2,1H3,(H,20,24). The van der Waals surface area contributed by atoms with Crippen molar-refractivity contribution in [3.63, 3.8) is 0 Å². The van der Waals surface area contributed by atoms with Crippen LogP contribution in [0, 0.1) is 6.92 Å². The summed E-state index contributed by atoms with van der Waals surface area (Å²) < 4.78 is 6.86. The largest absolute Gasteiger partial charge is 0.465 e. The van der Waals surface area contributed by atoms with Crippen molar-refractivity contribution in [2.75, 3.05) is 0 Å². The number of para-hydroxylation sites is 1. The highest BCUT2D eigenvalue weighted by Crippen LogP contribution is 2.20. The molecular weight excluding hydrogens is 332 g/mol. The Morgan fingerprint density at radius 1 is 1.27 bits per heavy atom. The summed E-state index contributed by atoms with van der Waals surface area (Å²) in [5.74, 6) is 1.36. The molecule has 0 radical (unpaired) electrons. The van der Waals surface area contributed by atoms with E-state index in [0.29, 0.717) is 23.3 Å². The van der Waals surface area contributed by atoms with E-state index in [1.807, 2.05) is 43.3 Å². The molecule has 0 fully saturated rings. The zero-order valence-corrected chi connectivity index (χ0v) is 14.3. The smallest absolute Gasteiger partial charge is 0.277 e. The van der Waals surface area contributed by atoms with Gasteiger partial charge < -0.3 is 14.7 Å². The van der Waals surface area contributed by atoms with E-state index in [1.165, 1.54) is 10.9 Å². The number of carbonyl (C=O) groups is 1. The van der Waals surface area contributed by atoms with Gasteiger partial charge in [-0.15, -0.1) is 0 Å². The van der Waals surface area contributed by atoms with Gasteiger partial charge in [0.05, 0.1) is 12.9 Å². The molecule has 7 nitrogen and oxygen atoms in total. The van der Waals surface area contributed by atoms with E-state index in [0.717, 1.165) is 16.7 Å². The number of hydrogen-bond acceptors (Lipinski definition) is 4. The van der Waals surface area contributed by atoms with Crippen LogP contribution in [-0.4, -0.2) is 20.4 Å². The first kappa shape index (κ1) is 16.1. The van der Waals surface area contributed by atoms with Crippen LogP contribution in [0.25, 0.3) is 21.9 Å². The molecule has 0 unspecified atom stereocenters. The summed E-state index contributed by atoms with van der Waals surface area (Å²) in [6.45, 7) is 2.45. The van der Waals surface area contributed by atoms with E-state index in [9.17, 15) is 9.59 Å². The molecule has 26 heavy (non-hydrogen) atoms. The first-order chi connectivity index (χ1) is 12.6. The first-order valence-corrected chi connectivity index (χ1v) is 8.40. The molecule has 3 aromatic heterocycles. The van der Waals surface area contributed by atoms with Crippen LogP contribution in [-0.2, 0) is 17.9 Å². The van der Waals surface area contributed by atoms with Crippen LogP contribution < -0.4 is 10.9 Å². The van der Waals surface area contributed by atoms with E-state index in [-0.39, 0.29) is 24.4 Å². The van der Waals surface area contributed by atoms with Gasteiger partial charge in [-0.2, -0.15) is 0 Å². The minimum Gasteiger partial charge on any atom is -0.465 e. The highest BCUT2D eigenvalue weighted by atomic mass is 16.3. The Balaban J connectivity index is 1.47. The van der Waals surface area contributed by atoms with Crippen LogP contribution >= 0.6 is 0 Å². The summed E-state index contributed by atoms with van der Waals surface area (Å²) in [6, 6.07) is 11.3. The summed E-state index contributed by atoms with van der Waals surface area (Å²) in [6.07, 6.45) is 1.68. The maximum atomic E-state index is 12.6.